The number of rotatable bonds is 9. The van der Waals surface area contributed by atoms with Crippen molar-refractivity contribution in [2.75, 3.05) is 19.0 Å². The molecule has 1 heterocycles. The summed E-state index contributed by atoms with van der Waals surface area (Å²) in [7, 11) is 1.48. The van der Waals surface area contributed by atoms with Gasteiger partial charge in [-0.15, -0.1) is 0 Å². The van der Waals surface area contributed by atoms with Crippen LogP contribution in [0.1, 0.15) is 24.7 Å². The van der Waals surface area contributed by atoms with E-state index in [0.717, 1.165) is 10.9 Å². The normalized spacial score (nSPS) is 11.2. The van der Waals surface area contributed by atoms with Gasteiger partial charge in [-0.05, 0) is 61.0 Å². The van der Waals surface area contributed by atoms with Crippen LogP contribution in [0.4, 0.5) is 10.1 Å². The molecule has 8 nitrogen and oxygen atoms in total. The summed E-state index contributed by atoms with van der Waals surface area (Å²) in [6, 6.07) is 14.2. The molecular formula is C27H23Br2FN4O4. The fraction of sp³-hybridized carbons (Fsp3) is 0.185. The summed E-state index contributed by atoms with van der Waals surface area (Å²) in [5.74, 6) is 0.285. The molecule has 1 N–H and O–H groups in total. The number of amides is 1. The Kier molecular flexibility index (Phi) is 8.90. The Labute approximate surface area is 234 Å². The van der Waals surface area contributed by atoms with E-state index in [1.54, 1.807) is 24.3 Å². The van der Waals surface area contributed by atoms with Gasteiger partial charge in [-0.25, -0.2) is 9.37 Å². The zero-order valence-corrected chi connectivity index (χ0v) is 23.7. The SMILES string of the molecule is CCCc1nc2ccc(Br)cc2c(=O)n1N=Cc1cc(Br)cc(OC)c1OCC(=O)Nc1ccc(F)cc1. The summed E-state index contributed by atoms with van der Waals surface area (Å²) in [4.78, 5) is 30.4. The lowest BCUT2D eigenvalue weighted by molar-refractivity contribution is -0.118. The standard InChI is InChI=1S/C27H23Br2FN4O4/c1-3-4-24-33-22-10-5-17(28)12-21(22)27(36)34(24)31-14-16-11-18(29)13-23(37-2)26(16)38-15-25(35)32-20-8-6-19(30)7-9-20/h5-14H,3-4,15H2,1-2H3,(H,32,35). The summed E-state index contributed by atoms with van der Waals surface area (Å²) in [6.07, 6.45) is 2.78. The molecule has 4 rings (SSSR count). The van der Waals surface area contributed by atoms with Gasteiger partial charge >= 0.3 is 0 Å². The van der Waals surface area contributed by atoms with Gasteiger partial charge in [-0.2, -0.15) is 9.78 Å². The van der Waals surface area contributed by atoms with Gasteiger partial charge in [0.25, 0.3) is 11.5 Å². The van der Waals surface area contributed by atoms with Gasteiger partial charge in [0.15, 0.2) is 18.1 Å². The lowest BCUT2D eigenvalue weighted by atomic mass is 10.2. The molecule has 0 fully saturated rings. The van der Waals surface area contributed by atoms with Crippen molar-refractivity contribution in [2.24, 2.45) is 5.10 Å². The number of aryl methyl sites for hydroxylation is 1. The van der Waals surface area contributed by atoms with E-state index in [0.29, 0.717) is 44.6 Å². The molecule has 0 aliphatic heterocycles. The highest BCUT2D eigenvalue weighted by Crippen LogP contribution is 2.34. The first-order valence-corrected chi connectivity index (χ1v) is 13.2. The van der Waals surface area contributed by atoms with Crippen molar-refractivity contribution in [3.05, 3.63) is 91.1 Å². The van der Waals surface area contributed by atoms with Crippen LogP contribution in [0.5, 0.6) is 11.5 Å². The summed E-state index contributed by atoms with van der Waals surface area (Å²) in [5, 5.41) is 7.54. The maximum Gasteiger partial charge on any atom is 0.282 e. The van der Waals surface area contributed by atoms with Crippen LogP contribution in [-0.2, 0) is 11.2 Å². The second kappa shape index (κ2) is 12.3. The molecule has 0 spiro atoms. The molecular weight excluding hydrogens is 623 g/mol. The predicted molar refractivity (Wildman–Crippen MR) is 152 cm³/mol. The largest absolute Gasteiger partial charge is 0.493 e. The number of hydrogen-bond acceptors (Lipinski definition) is 6. The minimum absolute atomic E-state index is 0.260. The van der Waals surface area contributed by atoms with Crippen LogP contribution in [-0.4, -0.2) is 35.5 Å². The van der Waals surface area contributed by atoms with Gasteiger partial charge in [0.1, 0.15) is 11.6 Å². The molecule has 38 heavy (non-hydrogen) atoms. The molecule has 0 aliphatic carbocycles. The van der Waals surface area contributed by atoms with Crippen molar-refractivity contribution in [1.82, 2.24) is 9.66 Å². The number of nitrogens with zero attached hydrogens (tertiary/aromatic N) is 3. The highest BCUT2D eigenvalue weighted by molar-refractivity contribution is 9.10. The number of benzene rings is 3. The average molecular weight is 646 g/mol. The van der Waals surface area contributed by atoms with E-state index in [1.807, 2.05) is 13.0 Å². The quantitative estimate of drug-likeness (QED) is 0.228. The average Bonchev–Trinajstić information content (AvgIpc) is 2.89. The van der Waals surface area contributed by atoms with E-state index in [-0.39, 0.29) is 17.9 Å². The number of anilines is 1. The van der Waals surface area contributed by atoms with Crippen LogP contribution in [0.25, 0.3) is 10.9 Å². The smallest absolute Gasteiger partial charge is 0.282 e. The number of carbonyl (C=O) groups is 1. The zero-order chi connectivity index (χ0) is 27.2. The van der Waals surface area contributed by atoms with Crippen LogP contribution >= 0.6 is 31.9 Å². The Bertz CT molecular complexity index is 1570. The number of halogens is 3. The van der Waals surface area contributed by atoms with Crippen molar-refractivity contribution < 1.29 is 18.7 Å². The Morgan fingerprint density at radius 1 is 1.13 bits per heavy atom. The first-order valence-electron chi connectivity index (χ1n) is 11.6. The minimum atomic E-state index is -0.449. The third-order valence-electron chi connectivity index (χ3n) is 5.41. The summed E-state index contributed by atoms with van der Waals surface area (Å²) >= 11 is 6.85. The molecule has 1 aromatic heterocycles. The highest BCUT2D eigenvalue weighted by atomic mass is 79.9. The number of methoxy groups -OCH3 is 1. The predicted octanol–water partition coefficient (Wildman–Crippen LogP) is 5.92. The Hall–Kier alpha value is -3.57. The third kappa shape index (κ3) is 6.46. The van der Waals surface area contributed by atoms with Crippen molar-refractivity contribution in [1.29, 1.82) is 0 Å². The molecule has 196 valence electrons. The van der Waals surface area contributed by atoms with Crippen LogP contribution < -0.4 is 20.3 Å². The van der Waals surface area contributed by atoms with Crippen LogP contribution in [0.15, 0.2) is 73.4 Å². The molecule has 1 amide bonds. The Morgan fingerprint density at radius 3 is 2.61 bits per heavy atom. The van der Waals surface area contributed by atoms with Gasteiger partial charge in [0.05, 0.1) is 24.2 Å². The number of fused-ring (bicyclic) bond motifs is 1. The fourth-order valence-electron chi connectivity index (χ4n) is 3.68. The van der Waals surface area contributed by atoms with Crippen molar-refractivity contribution in [3.63, 3.8) is 0 Å². The number of nitrogens with one attached hydrogen (secondary N) is 1. The van der Waals surface area contributed by atoms with Crippen molar-refractivity contribution in [3.8, 4) is 11.5 Å². The number of aromatic nitrogens is 2. The lowest BCUT2D eigenvalue weighted by Crippen LogP contribution is -2.22. The second-order valence-electron chi connectivity index (χ2n) is 8.17. The molecule has 0 aliphatic rings. The topological polar surface area (TPSA) is 94.8 Å². The molecule has 0 saturated carbocycles. The third-order valence-corrected chi connectivity index (χ3v) is 6.36. The molecule has 11 heteroatoms. The van der Waals surface area contributed by atoms with Crippen molar-refractivity contribution >= 4 is 60.6 Å². The minimum Gasteiger partial charge on any atom is -0.493 e. The van der Waals surface area contributed by atoms with Gasteiger partial charge < -0.3 is 14.8 Å². The Morgan fingerprint density at radius 2 is 1.89 bits per heavy atom. The highest BCUT2D eigenvalue weighted by Gasteiger charge is 2.15. The van der Waals surface area contributed by atoms with Crippen LogP contribution in [0.2, 0.25) is 0 Å². The molecule has 0 radical (unpaired) electrons. The lowest BCUT2D eigenvalue weighted by Gasteiger charge is -2.14. The van der Waals surface area contributed by atoms with E-state index in [2.05, 4.69) is 47.3 Å². The zero-order valence-electron chi connectivity index (χ0n) is 20.5. The van der Waals surface area contributed by atoms with E-state index in [9.17, 15) is 14.0 Å². The summed E-state index contributed by atoms with van der Waals surface area (Å²) in [6.45, 7) is 1.65. The first kappa shape index (κ1) is 27.5. The van der Waals surface area contributed by atoms with Gasteiger partial charge in [-0.1, -0.05) is 38.8 Å². The molecule has 0 saturated heterocycles. The molecule has 3 aromatic carbocycles. The first-order chi connectivity index (χ1) is 18.3. The molecule has 0 unspecified atom stereocenters. The van der Waals surface area contributed by atoms with E-state index >= 15 is 0 Å². The molecule has 0 atom stereocenters. The number of ether oxygens (including phenoxy) is 2. The summed E-state index contributed by atoms with van der Waals surface area (Å²) in [5.41, 5.74) is 1.19. The van der Waals surface area contributed by atoms with Crippen molar-refractivity contribution in [2.45, 2.75) is 19.8 Å². The number of carbonyl (C=O) groups excluding carboxylic acids is 1. The fourth-order valence-corrected chi connectivity index (χ4v) is 4.49. The van der Waals surface area contributed by atoms with E-state index in [1.165, 1.54) is 42.3 Å². The Balaban J connectivity index is 1.67. The molecule has 0 bridgehead atoms. The van der Waals surface area contributed by atoms with Gasteiger partial charge in [0.2, 0.25) is 0 Å². The van der Waals surface area contributed by atoms with Gasteiger partial charge in [0, 0.05) is 26.6 Å². The monoisotopic (exact) mass is 644 g/mol. The number of hydrogen-bond donors (Lipinski definition) is 1. The maximum absolute atomic E-state index is 13.3. The molecule has 4 aromatic rings. The van der Waals surface area contributed by atoms with Gasteiger partial charge in [-0.3, -0.25) is 9.59 Å². The van der Waals surface area contributed by atoms with Crippen LogP contribution in [0.3, 0.4) is 0 Å². The van der Waals surface area contributed by atoms with Crippen LogP contribution in [0, 0.1) is 5.82 Å². The summed E-state index contributed by atoms with van der Waals surface area (Å²) < 4.78 is 27.1. The van der Waals surface area contributed by atoms with E-state index < -0.39 is 11.7 Å². The second-order valence-corrected chi connectivity index (χ2v) is 10.0. The maximum atomic E-state index is 13.3. The van der Waals surface area contributed by atoms with E-state index in [4.69, 9.17) is 9.47 Å².